The van der Waals surface area contributed by atoms with Crippen LogP contribution in [0.1, 0.15) is 25.5 Å². The van der Waals surface area contributed by atoms with Gasteiger partial charge in [0.2, 0.25) is 0 Å². The third-order valence-electron chi connectivity index (χ3n) is 2.78. The lowest BCUT2D eigenvalue weighted by Crippen LogP contribution is -2.43. The van der Waals surface area contributed by atoms with Gasteiger partial charge in [-0.1, -0.05) is 0 Å². The average Bonchev–Trinajstić information content (AvgIpc) is 2.80. The molecule has 0 radical (unpaired) electrons. The minimum atomic E-state index is -4.81. The Hall–Kier alpha value is -2.28. The number of alkyl halides is 3. The monoisotopic (exact) mass is 319 g/mol. The predicted molar refractivity (Wildman–Crippen MR) is 71.0 cm³/mol. The lowest BCUT2D eigenvalue weighted by atomic mass is 10.3. The van der Waals surface area contributed by atoms with Crippen molar-refractivity contribution in [3.05, 3.63) is 11.8 Å². The predicted octanol–water partition coefficient (Wildman–Crippen LogP) is 1.72. The number of aliphatic hydroxyl groups is 1. The van der Waals surface area contributed by atoms with Crippen molar-refractivity contribution in [2.24, 2.45) is 0 Å². The second-order valence-electron chi connectivity index (χ2n) is 4.95. The zero-order chi connectivity index (χ0) is 17.1. The van der Waals surface area contributed by atoms with E-state index >= 15 is 0 Å². The minimum Gasteiger partial charge on any atom is -0.382 e. The van der Waals surface area contributed by atoms with Crippen LogP contribution in [0.2, 0.25) is 0 Å². The van der Waals surface area contributed by atoms with Gasteiger partial charge in [0.25, 0.3) is 0 Å². The van der Waals surface area contributed by atoms with Gasteiger partial charge in [0.05, 0.1) is 6.54 Å². The molecule has 1 heterocycles. The lowest BCUT2D eigenvalue weighted by molar-refractivity contribution is -0.205. The largest absolute Gasteiger partial charge is 0.416 e. The number of aliphatic hydroxyl groups excluding tert-OH is 1. The Kier molecular flexibility index (Phi) is 5.38. The van der Waals surface area contributed by atoms with Crippen LogP contribution in [0.4, 0.5) is 23.8 Å². The first-order valence-corrected chi connectivity index (χ1v) is 6.32. The third-order valence-corrected chi connectivity index (χ3v) is 2.78. The molecule has 0 aromatic carbocycles. The minimum absolute atomic E-state index is 0.0467. The Morgan fingerprint density at radius 1 is 1.59 bits per heavy atom. The van der Waals surface area contributed by atoms with E-state index in [0.717, 1.165) is 7.05 Å². The highest BCUT2D eigenvalue weighted by Crippen LogP contribution is 2.21. The first-order valence-electron chi connectivity index (χ1n) is 6.32. The quantitative estimate of drug-likeness (QED) is 0.883. The Morgan fingerprint density at radius 3 is 2.64 bits per heavy atom. The number of nitrogens with zero attached hydrogens (tertiary/aromatic N) is 4. The van der Waals surface area contributed by atoms with Gasteiger partial charge in [0.15, 0.2) is 11.9 Å². The highest BCUT2D eigenvalue weighted by atomic mass is 19.4. The summed E-state index contributed by atoms with van der Waals surface area (Å²) in [5.74, 6) is -0.0467. The molecule has 1 rings (SSSR count). The van der Waals surface area contributed by atoms with Crippen LogP contribution < -0.4 is 5.32 Å². The van der Waals surface area contributed by atoms with E-state index < -0.39 is 24.9 Å². The number of nitriles is 1. The van der Waals surface area contributed by atoms with E-state index in [4.69, 9.17) is 10.4 Å². The molecule has 0 saturated heterocycles. The van der Waals surface area contributed by atoms with Gasteiger partial charge in [-0.3, -0.25) is 10.00 Å². The van der Waals surface area contributed by atoms with Gasteiger partial charge in [0.1, 0.15) is 11.6 Å². The fraction of sp³-hybridized carbons (Fsp3) is 0.583. The van der Waals surface area contributed by atoms with E-state index in [-0.39, 0.29) is 17.4 Å². The van der Waals surface area contributed by atoms with Crippen LogP contribution in [0.3, 0.4) is 0 Å². The summed E-state index contributed by atoms with van der Waals surface area (Å²) in [4.78, 5) is 12.5. The summed E-state index contributed by atoms with van der Waals surface area (Å²) < 4.78 is 38.2. The van der Waals surface area contributed by atoms with Crippen molar-refractivity contribution in [2.75, 3.05) is 18.9 Å². The van der Waals surface area contributed by atoms with Crippen LogP contribution in [-0.4, -0.2) is 51.7 Å². The molecule has 0 bridgehead atoms. The van der Waals surface area contributed by atoms with Crippen molar-refractivity contribution < 1.29 is 23.1 Å². The average molecular weight is 319 g/mol. The molecule has 0 aliphatic carbocycles. The van der Waals surface area contributed by atoms with E-state index in [1.165, 1.54) is 10.9 Å². The summed E-state index contributed by atoms with van der Waals surface area (Å²) >= 11 is 0. The number of rotatable bonds is 4. The maximum Gasteiger partial charge on any atom is 0.416 e. The number of halogens is 3. The van der Waals surface area contributed by atoms with Crippen LogP contribution in [-0.2, 0) is 0 Å². The molecule has 1 atom stereocenters. The summed E-state index contributed by atoms with van der Waals surface area (Å²) in [6.07, 6.45) is -6.04. The number of aromatic nitrogens is 2. The van der Waals surface area contributed by atoms with Crippen molar-refractivity contribution in [1.29, 1.82) is 5.26 Å². The topological polar surface area (TPSA) is 94.2 Å². The maximum absolute atomic E-state index is 12.2. The Bertz CT molecular complexity index is 576. The maximum atomic E-state index is 12.2. The molecule has 0 aliphatic rings. The molecule has 7 nitrogen and oxygen atoms in total. The molecular formula is C12H16F3N5O2. The van der Waals surface area contributed by atoms with Gasteiger partial charge in [-0.05, 0) is 13.8 Å². The molecule has 1 aromatic rings. The Morgan fingerprint density at radius 2 is 2.18 bits per heavy atom. The normalized spacial score (nSPS) is 12.9. The Labute approximate surface area is 124 Å². The summed E-state index contributed by atoms with van der Waals surface area (Å²) in [6.45, 7) is 2.69. The second-order valence-corrected chi connectivity index (χ2v) is 4.95. The summed E-state index contributed by atoms with van der Waals surface area (Å²) in [7, 11) is 1.09. The van der Waals surface area contributed by atoms with Crippen LogP contribution in [0.5, 0.6) is 0 Å². The number of anilines is 1. The van der Waals surface area contributed by atoms with Crippen molar-refractivity contribution in [2.45, 2.75) is 32.2 Å². The van der Waals surface area contributed by atoms with Crippen LogP contribution in [0.15, 0.2) is 6.20 Å². The van der Waals surface area contributed by atoms with Gasteiger partial charge < -0.3 is 10.0 Å². The summed E-state index contributed by atoms with van der Waals surface area (Å²) in [5, 5.41) is 24.1. The van der Waals surface area contributed by atoms with Crippen molar-refractivity contribution in [3.63, 3.8) is 0 Å². The zero-order valence-corrected chi connectivity index (χ0v) is 12.2. The van der Waals surface area contributed by atoms with Crippen LogP contribution in [0.25, 0.3) is 0 Å². The van der Waals surface area contributed by atoms with Crippen molar-refractivity contribution in [3.8, 4) is 6.07 Å². The van der Waals surface area contributed by atoms with E-state index in [9.17, 15) is 18.0 Å². The molecule has 0 saturated carbocycles. The fourth-order valence-corrected chi connectivity index (χ4v) is 1.47. The highest BCUT2D eigenvalue weighted by Gasteiger charge is 2.39. The number of hydrogen-bond donors (Lipinski definition) is 2. The van der Waals surface area contributed by atoms with E-state index in [0.29, 0.717) is 4.90 Å². The first kappa shape index (κ1) is 17.8. The molecule has 22 heavy (non-hydrogen) atoms. The van der Waals surface area contributed by atoms with Gasteiger partial charge >= 0.3 is 12.2 Å². The SMILES string of the molecule is CC(C)n1cc(C#N)c(NC(=O)N(C)C[C@H](O)C(F)(F)F)n1. The van der Waals surface area contributed by atoms with E-state index in [1.807, 2.05) is 19.9 Å². The highest BCUT2D eigenvalue weighted by molar-refractivity contribution is 5.89. The Balaban J connectivity index is 2.78. The van der Waals surface area contributed by atoms with Gasteiger partial charge in [-0.15, -0.1) is 0 Å². The van der Waals surface area contributed by atoms with Gasteiger partial charge in [0, 0.05) is 19.3 Å². The first-order chi connectivity index (χ1) is 10.1. The number of likely N-dealkylation sites (N-methyl/N-ethyl adjacent to an activating group) is 1. The molecule has 0 aliphatic heterocycles. The van der Waals surface area contributed by atoms with Crippen molar-refractivity contribution >= 4 is 11.8 Å². The number of carbonyl (C=O) groups excluding carboxylic acids is 1. The molecule has 122 valence electrons. The number of nitrogens with one attached hydrogen (secondary N) is 1. The van der Waals surface area contributed by atoms with Crippen LogP contribution in [0, 0.1) is 11.3 Å². The van der Waals surface area contributed by atoms with Crippen LogP contribution >= 0.6 is 0 Å². The molecule has 1 aromatic heterocycles. The second kappa shape index (κ2) is 6.65. The number of hydrogen-bond acceptors (Lipinski definition) is 4. The molecule has 0 spiro atoms. The number of amides is 2. The molecule has 2 amide bonds. The smallest absolute Gasteiger partial charge is 0.382 e. The standard InChI is InChI=1S/C12H16F3N5O2/c1-7(2)20-5-8(4-16)10(18-20)17-11(22)19(3)6-9(21)12(13,14)15/h5,7,9,21H,6H2,1-3H3,(H,17,18,22)/t9-/m0/s1. The van der Waals surface area contributed by atoms with Gasteiger partial charge in [-0.2, -0.15) is 23.5 Å². The lowest BCUT2D eigenvalue weighted by Gasteiger charge is -2.22. The number of urea groups is 1. The van der Waals surface area contributed by atoms with E-state index in [2.05, 4.69) is 10.4 Å². The summed E-state index contributed by atoms with van der Waals surface area (Å²) in [6, 6.07) is 0.872. The summed E-state index contributed by atoms with van der Waals surface area (Å²) in [5.41, 5.74) is 0.0896. The van der Waals surface area contributed by atoms with Gasteiger partial charge in [-0.25, -0.2) is 4.79 Å². The fourth-order valence-electron chi connectivity index (χ4n) is 1.47. The molecule has 0 fully saturated rings. The van der Waals surface area contributed by atoms with Crippen molar-refractivity contribution in [1.82, 2.24) is 14.7 Å². The van der Waals surface area contributed by atoms with E-state index in [1.54, 1.807) is 0 Å². The molecule has 2 N–H and O–H groups in total. The molecule has 10 heteroatoms. The third kappa shape index (κ3) is 4.36. The molecular weight excluding hydrogens is 303 g/mol. The number of carbonyl (C=O) groups is 1. The molecule has 0 unspecified atom stereocenters. The zero-order valence-electron chi connectivity index (χ0n) is 12.2.